The van der Waals surface area contributed by atoms with Gasteiger partial charge in [-0.3, -0.25) is 14.5 Å². The van der Waals surface area contributed by atoms with E-state index in [1.807, 2.05) is 13.8 Å². The van der Waals surface area contributed by atoms with E-state index in [0.717, 1.165) is 19.3 Å². The molecule has 2 atom stereocenters. The summed E-state index contributed by atoms with van der Waals surface area (Å²) in [6.45, 7) is 7.99. The molecule has 1 rings (SSSR count). The molecule has 1 heterocycles. The predicted molar refractivity (Wildman–Crippen MR) is 67.5 cm³/mol. The third-order valence-corrected chi connectivity index (χ3v) is 3.27. The number of nitrogens with one attached hydrogen (secondary N) is 1. The number of carbonyl (C=O) groups is 2. The maximum absolute atomic E-state index is 12.1. The normalized spacial score (nSPS) is 22.6. The van der Waals surface area contributed by atoms with Crippen LogP contribution in [0, 0.1) is 0 Å². The highest BCUT2D eigenvalue weighted by Crippen LogP contribution is 2.17. The molecule has 17 heavy (non-hydrogen) atoms. The third kappa shape index (κ3) is 3.28. The minimum atomic E-state index is -0.304. The first kappa shape index (κ1) is 14.2. The highest BCUT2D eigenvalue weighted by atomic mass is 16.2. The van der Waals surface area contributed by atoms with E-state index in [-0.39, 0.29) is 23.9 Å². The Morgan fingerprint density at radius 1 is 1.35 bits per heavy atom. The van der Waals surface area contributed by atoms with Gasteiger partial charge in [0.2, 0.25) is 11.8 Å². The van der Waals surface area contributed by atoms with Gasteiger partial charge in [-0.15, -0.1) is 0 Å². The van der Waals surface area contributed by atoms with Crippen molar-refractivity contribution in [2.24, 2.45) is 0 Å². The molecule has 4 nitrogen and oxygen atoms in total. The lowest BCUT2D eigenvalue weighted by atomic mass is 10.1. The number of rotatable bonds is 6. The van der Waals surface area contributed by atoms with Crippen LogP contribution in [0.1, 0.15) is 53.4 Å². The van der Waals surface area contributed by atoms with Gasteiger partial charge < -0.3 is 5.32 Å². The van der Waals surface area contributed by atoms with Gasteiger partial charge >= 0.3 is 0 Å². The Bertz CT molecular complexity index is 289. The van der Waals surface area contributed by atoms with Gasteiger partial charge in [0.25, 0.3) is 0 Å². The molecule has 98 valence electrons. The first-order valence-electron chi connectivity index (χ1n) is 6.63. The van der Waals surface area contributed by atoms with Crippen LogP contribution in [-0.2, 0) is 9.59 Å². The van der Waals surface area contributed by atoms with Gasteiger partial charge in [0.1, 0.15) is 0 Å². The molecule has 0 aromatic rings. The van der Waals surface area contributed by atoms with Crippen LogP contribution in [0.15, 0.2) is 0 Å². The van der Waals surface area contributed by atoms with Crippen LogP contribution in [0.3, 0.4) is 0 Å². The van der Waals surface area contributed by atoms with E-state index in [9.17, 15) is 9.59 Å². The zero-order valence-corrected chi connectivity index (χ0v) is 11.3. The first-order valence-corrected chi connectivity index (χ1v) is 6.63. The van der Waals surface area contributed by atoms with Crippen molar-refractivity contribution in [1.82, 2.24) is 10.2 Å². The number of hydrogen-bond donors (Lipinski definition) is 1. The summed E-state index contributed by atoms with van der Waals surface area (Å²) in [7, 11) is 0. The van der Waals surface area contributed by atoms with Gasteiger partial charge in [0.15, 0.2) is 0 Å². The van der Waals surface area contributed by atoms with E-state index in [0.29, 0.717) is 12.5 Å². The van der Waals surface area contributed by atoms with Crippen molar-refractivity contribution in [2.75, 3.05) is 0 Å². The van der Waals surface area contributed by atoms with Crippen molar-refractivity contribution in [2.45, 2.75) is 71.5 Å². The summed E-state index contributed by atoms with van der Waals surface area (Å²) in [5, 5.41) is 3.32. The molecule has 0 radical (unpaired) electrons. The minimum Gasteiger partial charge on any atom is -0.303 e. The lowest BCUT2D eigenvalue weighted by molar-refractivity contribution is -0.140. The van der Waals surface area contributed by atoms with Crippen LogP contribution in [0.2, 0.25) is 0 Å². The fourth-order valence-electron chi connectivity index (χ4n) is 2.36. The van der Waals surface area contributed by atoms with Gasteiger partial charge in [-0.1, -0.05) is 20.3 Å². The Kier molecular flexibility index (Phi) is 5.12. The molecule has 1 aliphatic heterocycles. The molecule has 0 aliphatic carbocycles. The van der Waals surface area contributed by atoms with Crippen LogP contribution in [0.5, 0.6) is 0 Å². The number of hydrogen-bond acceptors (Lipinski definition) is 3. The summed E-state index contributed by atoms with van der Waals surface area (Å²) < 4.78 is 0. The highest BCUT2D eigenvalue weighted by Gasteiger charge is 2.40. The van der Waals surface area contributed by atoms with Crippen LogP contribution in [0.25, 0.3) is 0 Å². The Labute approximate surface area is 104 Å². The van der Waals surface area contributed by atoms with E-state index in [1.165, 1.54) is 4.90 Å². The Morgan fingerprint density at radius 3 is 2.41 bits per heavy atom. The second-order valence-electron chi connectivity index (χ2n) is 5.01. The van der Waals surface area contributed by atoms with Crippen LogP contribution in [-0.4, -0.2) is 34.8 Å². The monoisotopic (exact) mass is 240 g/mol. The Hall–Kier alpha value is -0.900. The largest absolute Gasteiger partial charge is 0.303 e. The molecule has 0 bridgehead atoms. The summed E-state index contributed by atoms with van der Waals surface area (Å²) in [6.07, 6.45) is 3.45. The Balaban J connectivity index is 2.62. The van der Waals surface area contributed by atoms with E-state index >= 15 is 0 Å². The van der Waals surface area contributed by atoms with E-state index in [4.69, 9.17) is 0 Å². The average Bonchev–Trinajstić information content (AvgIpc) is 2.53. The Morgan fingerprint density at radius 2 is 2.00 bits per heavy atom. The quantitative estimate of drug-likeness (QED) is 0.719. The minimum absolute atomic E-state index is 0.0342. The lowest BCUT2D eigenvalue weighted by Gasteiger charge is -2.22. The maximum Gasteiger partial charge on any atom is 0.247 e. The van der Waals surface area contributed by atoms with Gasteiger partial charge in [-0.05, 0) is 26.7 Å². The van der Waals surface area contributed by atoms with Crippen molar-refractivity contribution in [3.8, 4) is 0 Å². The third-order valence-electron chi connectivity index (χ3n) is 3.27. The molecule has 1 aliphatic rings. The summed E-state index contributed by atoms with van der Waals surface area (Å²) in [5.74, 6) is -0.103. The summed E-state index contributed by atoms with van der Waals surface area (Å²) in [4.78, 5) is 25.2. The van der Waals surface area contributed by atoms with Crippen molar-refractivity contribution in [3.05, 3.63) is 0 Å². The topological polar surface area (TPSA) is 49.4 Å². The van der Waals surface area contributed by atoms with Gasteiger partial charge in [0, 0.05) is 12.1 Å². The molecule has 1 saturated heterocycles. The van der Waals surface area contributed by atoms with Crippen LogP contribution < -0.4 is 5.32 Å². The first-order chi connectivity index (χ1) is 8.01. The highest BCUT2D eigenvalue weighted by molar-refractivity contribution is 6.05. The van der Waals surface area contributed by atoms with E-state index < -0.39 is 0 Å². The number of nitrogens with zero attached hydrogens (tertiary/aromatic N) is 1. The second-order valence-corrected chi connectivity index (χ2v) is 5.01. The number of imide groups is 1. The zero-order chi connectivity index (χ0) is 13.0. The number of likely N-dealkylation sites (tertiary alicyclic amines) is 1. The standard InChI is InChI=1S/C13H24N2O2/c1-5-7-10(6-2)14-11-8-12(16)15(9(3)4)13(11)17/h9-11,14H,5-8H2,1-4H3. The molecule has 2 amide bonds. The predicted octanol–water partition coefficient (Wildman–Crippen LogP) is 1.69. The zero-order valence-electron chi connectivity index (χ0n) is 11.3. The van der Waals surface area contributed by atoms with Crippen LogP contribution >= 0.6 is 0 Å². The lowest BCUT2D eigenvalue weighted by Crippen LogP contribution is -2.45. The second kappa shape index (κ2) is 6.15. The molecule has 1 fully saturated rings. The van der Waals surface area contributed by atoms with Crippen molar-refractivity contribution in [1.29, 1.82) is 0 Å². The van der Waals surface area contributed by atoms with Crippen molar-refractivity contribution in [3.63, 3.8) is 0 Å². The fourth-order valence-corrected chi connectivity index (χ4v) is 2.36. The molecule has 0 spiro atoms. The molecule has 1 N–H and O–H groups in total. The van der Waals surface area contributed by atoms with Crippen molar-refractivity contribution < 1.29 is 9.59 Å². The molecule has 0 saturated carbocycles. The van der Waals surface area contributed by atoms with Gasteiger partial charge in [-0.25, -0.2) is 0 Å². The molecule has 0 aromatic heterocycles. The summed E-state index contributed by atoms with van der Waals surface area (Å²) >= 11 is 0. The van der Waals surface area contributed by atoms with E-state index in [2.05, 4.69) is 19.2 Å². The average molecular weight is 240 g/mol. The molecule has 2 unspecified atom stereocenters. The van der Waals surface area contributed by atoms with Crippen LogP contribution in [0.4, 0.5) is 0 Å². The maximum atomic E-state index is 12.1. The molecular formula is C13H24N2O2. The van der Waals surface area contributed by atoms with E-state index in [1.54, 1.807) is 0 Å². The molecule has 0 aromatic carbocycles. The summed E-state index contributed by atoms with van der Waals surface area (Å²) in [6, 6.07) is 0.00307. The van der Waals surface area contributed by atoms with Crippen molar-refractivity contribution >= 4 is 11.8 Å². The number of amides is 2. The SMILES string of the molecule is CCCC(CC)NC1CC(=O)N(C(C)C)C1=O. The molecular weight excluding hydrogens is 216 g/mol. The number of carbonyl (C=O) groups excluding carboxylic acids is 2. The summed E-state index contributed by atoms with van der Waals surface area (Å²) in [5.41, 5.74) is 0. The van der Waals surface area contributed by atoms with Gasteiger partial charge in [-0.2, -0.15) is 0 Å². The smallest absolute Gasteiger partial charge is 0.247 e. The fraction of sp³-hybridized carbons (Fsp3) is 0.846. The molecule has 4 heteroatoms. The van der Waals surface area contributed by atoms with Gasteiger partial charge in [0.05, 0.1) is 12.5 Å².